The Bertz CT molecular complexity index is 1130. The van der Waals surface area contributed by atoms with Crippen molar-refractivity contribution in [2.45, 2.75) is 38.4 Å². The average molecular weight is 418 g/mol. The Kier molecular flexibility index (Phi) is 4.78. The largest absolute Gasteiger partial charge is 0.322 e. The van der Waals surface area contributed by atoms with E-state index in [9.17, 15) is 19.2 Å². The van der Waals surface area contributed by atoms with Gasteiger partial charge in [-0.05, 0) is 60.3 Å². The lowest BCUT2D eigenvalue weighted by molar-refractivity contribution is -0.136. The Hall–Kier alpha value is -3.52. The lowest BCUT2D eigenvalue weighted by atomic mass is 10.00. The maximum Gasteiger partial charge on any atom is 0.256 e. The molecule has 0 saturated carbocycles. The lowest BCUT2D eigenvalue weighted by Gasteiger charge is -2.29. The van der Waals surface area contributed by atoms with Crippen LogP contribution in [-0.2, 0) is 29.1 Å². The molecule has 3 aliphatic rings. The second-order valence-electron chi connectivity index (χ2n) is 8.10. The van der Waals surface area contributed by atoms with Gasteiger partial charge in [0.25, 0.3) is 11.8 Å². The van der Waals surface area contributed by atoms with Gasteiger partial charge in [0, 0.05) is 36.3 Å². The molecule has 1 unspecified atom stereocenters. The molecule has 2 aromatic rings. The molecule has 31 heavy (non-hydrogen) atoms. The normalized spacial score (nSPS) is 20.2. The van der Waals surface area contributed by atoms with Gasteiger partial charge < -0.3 is 15.5 Å². The highest BCUT2D eigenvalue weighted by Crippen LogP contribution is 2.30. The van der Waals surface area contributed by atoms with Crippen molar-refractivity contribution in [3.8, 4) is 0 Å². The molecule has 8 heteroatoms. The van der Waals surface area contributed by atoms with Crippen molar-refractivity contribution in [2.24, 2.45) is 0 Å². The number of amides is 4. The molecule has 8 nitrogen and oxygen atoms in total. The summed E-state index contributed by atoms with van der Waals surface area (Å²) in [6.45, 7) is 1.89. The minimum atomic E-state index is -0.707. The summed E-state index contributed by atoms with van der Waals surface area (Å²) in [6.07, 6.45) is 1.44. The Labute approximate surface area is 179 Å². The summed E-state index contributed by atoms with van der Waals surface area (Å²) in [6, 6.07) is 10.2. The molecule has 0 aliphatic carbocycles. The third-order valence-corrected chi connectivity index (χ3v) is 6.18. The topological polar surface area (TPSA) is 108 Å². The molecule has 2 aromatic carbocycles. The van der Waals surface area contributed by atoms with Gasteiger partial charge in [-0.25, -0.2) is 0 Å². The van der Waals surface area contributed by atoms with E-state index in [1.165, 1.54) is 16.0 Å². The van der Waals surface area contributed by atoms with Crippen LogP contribution in [0.5, 0.6) is 0 Å². The standard InChI is InChI=1S/C23H22N4O4/c28-20-7-6-19(22(30)26-20)27-12-18-16(2-1-3-17(18)23(27)31)21(29)25-15-5-4-13-8-9-24-11-14(13)10-15/h1-5,10,19,24H,6-9,11-12H2,(H,25,29)(H,26,28,30). The number of fused-ring (bicyclic) bond motifs is 2. The predicted octanol–water partition coefficient (Wildman–Crippen LogP) is 1.35. The van der Waals surface area contributed by atoms with Crippen LogP contribution in [0, 0.1) is 0 Å². The Morgan fingerprint density at radius 3 is 2.77 bits per heavy atom. The highest BCUT2D eigenvalue weighted by Gasteiger charge is 2.40. The number of carbonyl (C=O) groups excluding carboxylic acids is 4. The number of carbonyl (C=O) groups is 4. The first kappa shape index (κ1) is 19.4. The van der Waals surface area contributed by atoms with Gasteiger partial charge in [-0.15, -0.1) is 0 Å². The summed E-state index contributed by atoms with van der Waals surface area (Å²) in [5.41, 5.74) is 4.60. The summed E-state index contributed by atoms with van der Waals surface area (Å²) in [7, 11) is 0. The van der Waals surface area contributed by atoms with E-state index in [0.717, 1.165) is 19.5 Å². The third kappa shape index (κ3) is 3.48. The number of rotatable bonds is 3. The second-order valence-corrected chi connectivity index (χ2v) is 8.10. The fraction of sp³-hybridized carbons (Fsp3) is 0.304. The molecule has 0 aromatic heterocycles. The van der Waals surface area contributed by atoms with Gasteiger partial charge in [-0.2, -0.15) is 0 Å². The average Bonchev–Trinajstić information content (AvgIpc) is 3.10. The van der Waals surface area contributed by atoms with Crippen molar-refractivity contribution in [1.29, 1.82) is 0 Å². The molecule has 5 rings (SSSR count). The number of anilines is 1. The van der Waals surface area contributed by atoms with Crippen LogP contribution >= 0.6 is 0 Å². The van der Waals surface area contributed by atoms with Gasteiger partial charge in [0.05, 0.1) is 0 Å². The Morgan fingerprint density at radius 1 is 1.06 bits per heavy atom. The maximum atomic E-state index is 13.1. The number of nitrogens with one attached hydrogen (secondary N) is 3. The van der Waals surface area contributed by atoms with Crippen LogP contribution in [0.3, 0.4) is 0 Å². The maximum absolute atomic E-state index is 13.1. The van der Waals surface area contributed by atoms with Crippen LogP contribution in [0.25, 0.3) is 0 Å². The molecule has 3 heterocycles. The van der Waals surface area contributed by atoms with Crippen LogP contribution in [0.4, 0.5) is 5.69 Å². The molecule has 3 aliphatic heterocycles. The van der Waals surface area contributed by atoms with E-state index < -0.39 is 11.9 Å². The zero-order valence-electron chi connectivity index (χ0n) is 16.9. The smallest absolute Gasteiger partial charge is 0.256 e. The van der Waals surface area contributed by atoms with Crippen molar-refractivity contribution in [3.05, 3.63) is 64.2 Å². The van der Waals surface area contributed by atoms with Crippen LogP contribution in [-0.4, -0.2) is 41.1 Å². The second kappa shape index (κ2) is 7.63. The van der Waals surface area contributed by atoms with Crippen LogP contribution in [0.15, 0.2) is 36.4 Å². The highest BCUT2D eigenvalue weighted by molar-refractivity contribution is 6.10. The number of benzene rings is 2. The van der Waals surface area contributed by atoms with Crippen LogP contribution < -0.4 is 16.0 Å². The Balaban J connectivity index is 1.38. The first-order chi connectivity index (χ1) is 15.0. The summed E-state index contributed by atoms with van der Waals surface area (Å²) in [4.78, 5) is 51.2. The molecule has 0 radical (unpaired) electrons. The molecule has 0 bridgehead atoms. The van der Waals surface area contributed by atoms with E-state index in [1.54, 1.807) is 18.2 Å². The fourth-order valence-corrected chi connectivity index (χ4v) is 4.56. The molecule has 3 N–H and O–H groups in total. The lowest BCUT2D eigenvalue weighted by Crippen LogP contribution is -2.52. The molecule has 1 atom stereocenters. The van der Waals surface area contributed by atoms with Crippen molar-refractivity contribution in [2.75, 3.05) is 11.9 Å². The van der Waals surface area contributed by atoms with Crippen molar-refractivity contribution < 1.29 is 19.2 Å². The SMILES string of the molecule is O=C1CCC(N2Cc3c(C(=O)Nc4ccc5c(c4)CNCC5)cccc3C2=O)C(=O)N1. The summed E-state index contributed by atoms with van der Waals surface area (Å²) >= 11 is 0. The summed E-state index contributed by atoms with van der Waals surface area (Å²) in [5.74, 6) is -1.38. The minimum Gasteiger partial charge on any atom is -0.322 e. The molecule has 4 amide bonds. The van der Waals surface area contributed by atoms with E-state index in [4.69, 9.17) is 0 Å². The summed E-state index contributed by atoms with van der Waals surface area (Å²) in [5, 5.41) is 8.56. The van der Waals surface area contributed by atoms with Crippen molar-refractivity contribution in [3.63, 3.8) is 0 Å². The molecule has 0 spiro atoms. The van der Waals surface area contributed by atoms with Gasteiger partial charge in [-0.3, -0.25) is 24.5 Å². The first-order valence-corrected chi connectivity index (χ1v) is 10.4. The number of imide groups is 1. The van der Waals surface area contributed by atoms with Crippen LogP contribution in [0.2, 0.25) is 0 Å². The number of piperidine rings is 1. The number of hydrogen-bond donors (Lipinski definition) is 3. The zero-order valence-corrected chi connectivity index (χ0v) is 16.9. The number of hydrogen-bond acceptors (Lipinski definition) is 5. The Morgan fingerprint density at radius 2 is 1.94 bits per heavy atom. The van der Waals surface area contributed by atoms with Gasteiger partial charge >= 0.3 is 0 Å². The quantitative estimate of drug-likeness (QED) is 0.652. The van der Waals surface area contributed by atoms with Gasteiger partial charge in [0.15, 0.2) is 0 Å². The van der Waals surface area contributed by atoms with E-state index in [2.05, 4.69) is 16.0 Å². The monoisotopic (exact) mass is 418 g/mol. The summed E-state index contributed by atoms with van der Waals surface area (Å²) < 4.78 is 0. The van der Waals surface area contributed by atoms with Crippen molar-refractivity contribution in [1.82, 2.24) is 15.5 Å². The van der Waals surface area contributed by atoms with Crippen molar-refractivity contribution >= 4 is 29.3 Å². The minimum absolute atomic E-state index is 0.165. The van der Waals surface area contributed by atoms with E-state index in [1.807, 2.05) is 18.2 Å². The van der Waals surface area contributed by atoms with E-state index in [0.29, 0.717) is 22.4 Å². The first-order valence-electron chi connectivity index (χ1n) is 10.4. The van der Waals surface area contributed by atoms with Gasteiger partial charge in [-0.1, -0.05) is 12.1 Å². The molecule has 1 saturated heterocycles. The van der Waals surface area contributed by atoms with Gasteiger partial charge in [0.1, 0.15) is 6.04 Å². The third-order valence-electron chi connectivity index (χ3n) is 6.18. The molecule has 158 valence electrons. The molecule has 1 fully saturated rings. The van der Waals surface area contributed by atoms with E-state index in [-0.39, 0.29) is 37.1 Å². The van der Waals surface area contributed by atoms with E-state index >= 15 is 0 Å². The zero-order chi connectivity index (χ0) is 21.5. The molecular weight excluding hydrogens is 396 g/mol. The predicted molar refractivity (Wildman–Crippen MR) is 112 cm³/mol. The van der Waals surface area contributed by atoms with Gasteiger partial charge in [0.2, 0.25) is 11.8 Å². The molecular formula is C23H22N4O4. The number of nitrogens with zero attached hydrogens (tertiary/aromatic N) is 1. The fourth-order valence-electron chi connectivity index (χ4n) is 4.56. The highest BCUT2D eigenvalue weighted by atomic mass is 16.2. The van der Waals surface area contributed by atoms with Crippen LogP contribution in [0.1, 0.15) is 50.2 Å².